The molecule has 0 aliphatic rings. The second-order valence-corrected chi connectivity index (χ2v) is 5.16. The van der Waals surface area contributed by atoms with Crippen LogP contribution in [-0.2, 0) is 11.2 Å². The van der Waals surface area contributed by atoms with E-state index in [4.69, 9.17) is 5.11 Å². The Balaban J connectivity index is 2.37. The van der Waals surface area contributed by atoms with Crippen LogP contribution in [0.2, 0.25) is 0 Å². The van der Waals surface area contributed by atoms with Crippen molar-refractivity contribution in [2.45, 2.75) is 32.7 Å². The Labute approximate surface area is 100 Å². The summed E-state index contributed by atoms with van der Waals surface area (Å²) < 4.78 is 0. The zero-order chi connectivity index (χ0) is 12.0. The van der Waals surface area contributed by atoms with Crippen LogP contribution < -0.4 is 5.32 Å². The van der Waals surface area contributed by atoms with Gasteiger partial charge in [0.15, 0.2) is 0 Å². The summed E-state index contributed by atoms with van der Waals surface area (Å²) in [5.74, 6) is 0.455. The van der Waals surface area contributed by atoms with Crippen molar-refractivity contribution in [1.82, 2.24) is 5.32 Å². The summed E-state index contributed by atoms with van der Waals surface area (Å²) in [5, 5.41) is 15.9. The van der Waals surface area contributed by atoms with E-state index in [9.17, 15) is 4.79 Å². The van der Waals surface area contributed by atoms with Crippen LogP contribution in [0.5, 0.6) is 0 Å². The monoisotopic (exact) mass is 241 g/mol. The van der Waals surface area contributed by atoms with Gasteiger partial charge in [-0.2, -0.15) is 11.3 Å². The fourth-order valence-corrected chi connectivity index (χ4v) is 2.27. The van der Waals surface area contributed by atoms with Gasteiger partial charge in [-0.3, -0.25) is 4.79 Å². The highest BCUT2D eigenvalue weighted by Gasteiger charge is 2.13. The fourth-order valence-electron chi connectivity index (χ4n) is 1.61. The van der Waals surface area contributed by atoms with Crippen LogP contribution >= 0.6 is 11.3 Å². The number of carbonyl (C=O) groups excluding carboxylic acids is 1. The van der Waals surface area contributed by atoms with Gasteiger partial charge in [0, 0.05) is 0 Å². The lowest BCUT2D eigenvalue weighted by molar-refractivity contribution is -0.121. The molecule has 16 heavy (non-hydrogen) atoms. The summed E-state index contributed by atoms with van der Waals surface area (Å²) in [6.45, 7) is 4.16. The maximum atomic E-state index is 11.6. The lowest BCUT2D eigenvalue weighted by atomic mass is 10.0. The standard InChI is InChI=1S/C12H19NO2S/c1-9(2)5-11(7-14)13-12(15)6-10-3-4-16-8-10/h3-4,8-9,11,14H,5-7H2,1-2H3,(H,13,15). The average Bonchev–Trinajstić information content (AvgIpc) is 2.68. The molecule has 0 saturated carbocycles. The quantitative estimate of drug-likeness (QED) is 0.798. The van der Waals surface area contributed by atoms with Gasteiger partial charge >= 0.3 is 0 Å². The molecule has 1 aromatic rings. The molecule has 1 atom stereocenters. The van der Waals surface area contributed by atoms with Gasteiger partial charge in [0.2, 0.25) is 5.91 Å². The van der Waals surface area contributed by atoms with Gasteiger partial charge in [-0.05, 0) is 34.7 Å². The minimum atomic E-state index is -0.119. The molecule has 1 aromatic heterocycles. The number of rotatable bonds is 6. The number of thiophene rings is 1. The summed E-state index contributed by atoms with van der Waals surface area (Å²) in [7, 11) is 0. The number of carbonyl (C=O) groups is 1. The summed E-state index contributed by atoms with van der Waals surface area (Å²) in [4.78, 5) is 11.6. The molecule has 0 aliphatic heterocycles. The molecular formula is C12H19NO2S. The maximum absolute atomic E-state index is 11.6. The molecule has 1 heterocycles. The molecule has 90 valence electrons. The molecule has 0 spiro atoms. The number of hydrogen-bond acceptors (Lipinski definition) is 3. The number of nitrogens with one attached hydrogen (secondary N) is 1. The largest absolute Gasteiger partial charge is 0.394 e. The molecule has 0 saturated heterocycles. The van der Waals surface area contributed by atoms with Crippen LogP contribution in [0.3, 0.4) is 0 Å². The highest BCUT2D eigenvalue weighted by molar-refractivity contribution is 7.07. The van der Waals surface area contributed by atoms with E-state index in [2.05, 4.69) is 19.2 Å². The van der Waals surface area contributed by atoms with E-state index in [0.29, 0.717) is 12.3 Å². The first-order valence-corrected chi connectivity index (χ1v) is 6.47. The molecule has 1 unspecified atom stereocenters. The van der Waals surface area contributed by atoms with Crippen LogP contribution in [0.1, 0.15) is 25.8 Å². The summed E-state index contributed by atoms with van der Waals surface area (Å²) >= 11 is 1.59. The lowest BCUT2D eigenvalue weighted by Crippen LogP contribution is -2.39. The first-order valence-electron chi connectivity index (χ1n) is 5.53. The number of hydrogen-bond donors (Lipinski definition) is 2. The first kappa shape index (κ1) is 13.2. The summed E-state index contributed by atoms with van der Waals surface area (Å²) in [6.07, 6.45) is 1.21. The third kappa shape index (κ3) is 4.77. The third-order valence-electron chi connectivity index (χ3n) is 2.29. The van der Waals surface area contributed by atoms with Gasteiger partial charge in [-0.1, -0.05) is 13.8 Å². The molecule has 3 nitrogen and oxygen atoms in total. The van der Waals surface area contributed by atoms with Gasteiger partial charge in [0.05, 0.1) is 19.1 Å². The SMILES string of the molecule is CC(C)CC(CO)NC(=O)Cc1ccsc1. The van der Waals surface area contributed by atoms with Crippen molar-refractivity contribution < 1.29 is 9.90 Å². The predicted molar refractivity (Wildman–Crippen MR) is 66.5 cm³/mol. The second kappa shape index (κ2) is 6.66. The molecule has 0 bridgehead atoms. The molecular weight excluding hydrogens is 222 g/mol. The van der Waals surface area contributed by atoms with E-state index in [1.807, 2.05) is 16.8 Å². The van der Waals surface area contributed by atoms with E-state index in [1.54, 1.807) is 11.3 Å². The average molecular weight is 241 g/mol. The van der Waals surface area contributed by atoms with Crippen molar-refractivity contribution >= 4 is 17.2 Å². The molecule has 0 aromatic carbocycles. The van der Waals surface area contributed by atoms with E-state index in [-0.39, 0.29) is 18.6 Å². The fraction of sp³-hybridized carbons (Fsp3) is 0.583. The van der Waals surface area contributed by atoms with Gasteiger partial charge in [0.1, 0.15) is 0 Å². The van der Waals surface area contributed by atoms with Gasteiger partial charge in [-0.15, -0.1) is 0 Å². The molecule has 0 radical (unpaired) electrons. The minimum Gasteiger partial charge on any atom is -0.394 e. The Morgan fingerprint density at radius 1 is 1.56 bits per heavy atom. The number of amides is 1. The molecule has 2 N–H and O–H groups in total. The highest BCUT2D eigenvalue weighted by Crippen LogP contribution is 2.08. The van der Waals surface area contributed by atoms with E-state index in [1.165, 1.54) is 0 Å². The van der Waals surface area contributed by atoms with Crippen molar-refractivity contribution in [3.8, 4) is 0 Å². The Morgan fingerprint density at radius 3 is 2.81 bits per heavy atom. The number of aliphatic hydroxyl groups is 1. The Bertz CT molecular complexity index is 309. The van der Waals surface area contributed by atoms with Gasteiger partial charge in [0.25, 0.3) is 0 Å². The van der Waals surface area contributed by atoms with Crippen LogP contribution in [0.4, 0.5) is 0 Å². The van der Waals surface area contributed by atoms with E-state index in [0.717, 1.165) is 12.0 Å². The normalized spacial score (nSPS) is 12.8. The van der Waals surface area contributed by atoms with Crippen molar-refractivity contribution in [2.24, 2.45) is 5.92 Å². The number of aliphatic hydroxyl groups excluding tert-OH is 1. The van der Waals surface area contributed by atoms with Crippen molar-refractivity contribution in [3.63, 3.8) is 0 Å². The van der Waals surface area contributed by atoms with Crippen LogP contribution in [0, 0.1) is 5.92 Å². The smallest absolute Gasteiger partial charge is 0.224 e. The van der Waals surface area contributed by atoms with E-state index >= 15 is 0 Å². The predicted octanol–water partition coefficient (Wildman–Crippen LogP) is 1.81. The Morgan fingerprint density at radius 2 is 2.31 bits per heavy atom. The van der Waals surface area contributed by atoms with Crippen LogP contribution in [0.25, 0.3) is 0 Å². The summed E-state index contributed by atoms with van der Waals surface area (Å²) in [5.41, 5.74) is 1.03. The molecule has 0 aliphatic carbocycles. The zero-order valence-corrected chi connectivity index (χ0v) is 10.6. The molecule has 1 amide bonds. The topological polar surface area (TPSA) is 49.3 Å². The van der Waals surface area contributed by atoms with Gasteiger partial charge < -0.3 is 10.4 Å². The Hall–Kier alpha value is -0.870. The van der Waals surface area contributed by atoms with Crippen molar-refractivity contribution in [2.75, 3.05) is 6.61 Å². The van der Waals surface area contributed by atoms with Gasteiger partial charge in [-0.25, -0.2) is 0 Å². The second-order valence-electron chi connectivity index (χ2n) is 4.38. The lowest BCUT2D eigenvalue weighted by Gasteiger charge is -2.18. The first-order chi connectivity index (χ1) is 7.61. The Kier molecular flexibility index (Phi) is 5.49. The summed E-state index contributed by atoms with van der Waals surface area (Å²) in [6, 6.07) is 1.83. The molecule has 1 rings (SSSR count). The molecule has 4 heteroatoms. The van der Waals surface area contributed by atoms with Crippen LogP contribution in [-0.4, -0.2) is 23.7 Å². The third-order valence-corrected chi connectivity index (χ3v) is 3.02. The van der Waals surface area contributed by atoms with Crippen LogP contribution in [0.15, 0.2) is 16.8 Å². The maximum Gasteiger partial charge on any atom is 0.224 e. The highest BCUT2D eigenvalue weighted by atomic mass is 32.1. The van der Waals surface area contributed by atoms with Crippen molar-refractivity contribution in [3.05, 3.63) is 22.4 Å². The zero-order valence-electron chi connectivity index (χ0n) is 9.77. The van der Waals surface area contributed by atoms with Crippen molar-refractivity contribution in [1.29, 1.82) is 0 Å². The molecule has 0 fully saturated rings. The minimum absolute atomic E-state index is 0.00750. The van der Waals surface area contributed by atoms with E-state index < -0.39 is 0 Å².